The van der Waals surface area contributed by atoms with Crippen molar-refractivity contribution in [2.75, 3.05) is 47.8 Å². The molecule has 3 N–H and O–H groups in total. The van der Waals surface area contributed by atoms with Crippen molar-refractivity contribution in [1.29, 1.82) is 0 Å². The summed E-state index contributed by atoms with van der Waals surface area (Å²) < 4.78 is 28.4. The maximum absolute atomic E-state index is 12.9. The van der Waals surface area contributed by atoms with Crippen molar-refractivity contribution in [1.82, 2.24) is 10.6 Å². The molecule has 0 saturated heterocycles. The van der Waals surface area contributed by atoms with Crippen molar-refractivity contribution in [2.45, 2.75) is 110 Å². The molecule has 5 rings (SSSR count). The fourth-order valence-corrected chi connectivity index (χ4v) is 9.02. The molecule has 0 aromatic heterocycles. The van der Waals surface area contributed by atoms with E-state index in [2.05, 4.69) is 66.2 Å². The van der Waals surface area contributed by atoms with E-state index in [9.17, 15) is 24.6 Å². The van der Waals surface area contributed by atoms with E-state index in [0.717, 1.165) is 28.4 Å². The average molecular weight is 1010 g/mol. The minimum atomic E-state index is -1.01. The maximum atomic E-state index is 12.9. The molecular formula is C47H61Br2KN2O10. The third-order valence-corrected chi connectivity index (χ3v) is 11.7. The zero-order valence-electron chi connectivity index (χ0n) is 38.1. The van der Waals surface area contributed by atoms with E-state index in [1.165, 1.54) is 7.11 Å². The van der Waals surface area contributed by atoms with Crippen LogP contribution in [0.15, 0.2) is 39.0 Å². The molecule has 0 unspecified atom stereocenters. The van der Waals surface area contributed by atoms with Gasteiger partial charge in [-0.3, -0.25) is 9.59 Å². The Morgan fingerprint density at radius 1 is 0.887 bits per heavy atom. The summed E-state index contributed by atoms with van der Waals surface area (Å²) in [6.07, 6.45) is 4.19. The van der Waals surface area contributed by atoms with Gasteiger partial charge < -0.3 is 44.5 Å². The molecule has 12 nitrogen and oxygen atoms in total. The summed E-state index contributed by atoms with van der Waals surface area (Å²) in [4.78, 5) is 38.2. The number of methoxy groups -OCH3 is 3. The van der Waals surface area contributed by atoms with Gasteiger partial charge in [-0.15, -0.1) is 17.4 Å². The van der Waals surface area contributed by atoms with Crippen molar-refractivity contribution in [3.8, 4) is 35.2 Å². The molecule has 2 aromatic rings. The van der Waals surface area contributed by atoms with Crippen LogP contribution in [-0.2, 0) is 35.0 Å². The molecule has 334 valence electrons. The largest absolute Gasteiger partial charge is 1.00 e. The molecule has 1 spiro atoms. The molecule has 62 heavy (non-hydrogen) atoms. The second-order valence-corrected chi connectivity index (χ2v) is 17.8. The Balaban J connectivity index is 0.000000380. The Labute approximate surface area is 427 Å². The average Bonchev–Trinajstić information content (AvgIpc) is 3.88. The van der Waals surface area contributed by atoms with E-state index >= 15 is 0 Å². The van der Waals surface area contributed by atoms with E-state index in [4.69, 9.17) is 23.7 Å². The second kappa shape index (κ2) is 25.9. The third kappa shape index (κ3) is 15.4. The van der Waals surface area contributed by atoms with Crippen molar-refractivity contribution < 1.29 is 99.7 Å². The zero-order valence-corrected chi connectivity index (χ0v) is 44.4. The SMILES string of the molecule is CC#Cc1cc(Br)c(C2=C(O)[C@]3(CC[C@H](COCC)C3)NC2=O)c(OC)c1.CC#Cc1cc(Br)c(CC(=O)N[C@@]2(C(=O)OC)CC[C@@H](COCC)C2)c(OC)c1.CC(C)(C)[O-].[K+]. The van der Waals surface area contributed by atoms with Crippen molar-refractivity contribution in [3.63, 3.8) is 0 Å². The van der Waals surface area contributed by atoms with Crippen LogP contribution in [0.2, 0.25) is 0 Å². The standard InChI is InChI=1S/C22H28BrNO5.C21H24BrNO4.C4H9O.K/c1-5-7-15-10-18(23)17(19(11-15)27-3)12-20(25)24-22(21(26)28-4)9-8-16(13-22)14-29-6-2;1-4-6-13-9-15(22)17(16(10-13)26-3)18-19(24)21(23-20(18)25)8-7-14(11-21)12-27-5-2;1-4(2,3)5;/h10-11,16H,6,8-9,12-14H2,1-4H3,(H,24,25);9-10,14,24H,5,7-8,11-12H2,1-3H3,(H,23,25);1-3H3;/q;;-1;+1/t16-,22+;14-,21+;;/m10../s1. The summed E-state index contributed by atoms with van der Waals surface area (Å²) >= 11 is 7.03. The summed E-state index contributed by atoms with van der Waals surface area (Å²) in [6.45, 7) is 14.8. The van der Waals surface area contributed by atoms with E-state index in [-0.39, 0.29) is 86.9 Å². The van der Waals surface area contributed by atoms with Crippen LogP contribution in [0.4, 0.5) is 0 Å². The van der Waals surface area contributed by atoms with Gasteiger partial charge in [0, 0.05) is 57.6 Å². The van der Waals surface area contributed by atoms with Gasteiger partial charge >= 0.3 is 57.4 Å². The third-order valence-electron chi connectivity index (χ3n) is 10.3. The van der Waals surface area contributed by atoms with Crippen molar-refractivity contribution in [3.05, 3.63) is 61.2 Å². The first kappa shape index (κ1) is 55.7. The number of aliphatic hydroxyl groups excluding tert-OH is 1. The van der Waals surface area contributed by atoms with Crippen LogP contribution < -0.4 is 76.6 Å². The number of carbonyl (C=O) groups is 3. The van der Waals surface area contributed by atoms with Gasteiger partial charge in [0.2, 0.25) is 5.91 Å². The van der Waals surface area contributed by atoms with Crippen LogP contribution in [-0.4, -0.2) is 87.3 Å². The Morgan fingerprint density at radius 3 is 1.92 bits per heavy atom. The fourth-order valence-electron chi connectivity index (χ4n) is 7.79. The number of ether oxygens (including phenoxy) is 5. The summed E-state index contributed by atoms with van der Waals surface area (Å²) in [6, 6.07) is 7.26. The number of nitrogens with one attached hydrogen (secondary N) is 2. The van der Waals surface area contributed by atoms with Crippen LogP contribution in [0.3, 0.4) is 0 Å². The molecule has 3 aliphatic rings. The molecule has 15 heteroatoms. The minimum absolute atomic E-state index is 0. The number of hydrogen-bond acceptors (Lipinski definition) is 10. The first-order chi connectivity index (χ1) is 28.8. The van der Waals surface area contributed by atoms with Gasteiger partial charge in [-0.05, 0) is 118 Å². The Morgan fingerprint density at radius 2 is 1.40 bits per heavy atom. The predicted molar refractivity (Wildman–Crippen MR) is 241 cm³/mol. The van der Waals surface area contributed by atoms with E-state index in [0.29, 0.717) is 85.1 Å². The molecule has 1 heterocycles. The summed E-state index contributed by atoms with van der Waals surface area (Å²) in [7, 11) is 4.44. The van der Waals surface area contributed by atoms with E-state index in [1.54, 1.807) is 61.0 Å². The summed E-state index contributed by atoms with van der Waals surface area (Å²) in [5, 5.41) is 27.2. The van der Waals surface area contributed by atoms with Gasteiger partial charge in [-0.2, -0.15) is 0 Å². The van der Waals surface area contributed by atoms with Crippen LogP contribution in [0.5, 0.6) is 11.5 Å². The number of carbonyl (C=O) groups excluding carboxylic acids is 3. The molecule has 0 bridgehead atoms. The molecule has 1 aliphatic heterocycles. The van der Waals surface area contributed by atoms with Gasteiger partial charge in [-0.25, -0.2) is 4.79 Å². The zero-order chi connectivity index (χ0) is 45.5. The van der Waals surface area contributed by atoms with E-state index < -0.39 is 22.6 Å². The molecule has 4 atom stereocenters. The second-order valence-electron chi connectivity index (χ2n) is 16.1. The van der Waals surface area contributed by atoms with Crippen molar-refractivity contribution >= 4 is 55.2 Å². The number of amides is 2. The molecule has 2 fully saturated rings. The number of rotatable bonds is 13. The van der Waals surface area contributed by atoms with Gasteiger partial charge in [0.25, 0.3) is 5.91 Å². The van der Waals surface area contributed by atoms with Crippen LogP contribution in [0.1, 0.15) is 109 Å². The number of halogens is 2. The maximum Gasteiger partial charge on any atom is 1.00 e. The molecule has 2 aliphatic carbocycles. The number of hydrogen-bond donors (Lipinski definition) is 3. The quantitative estimate of drug-likeness (QED) is 0.151. The Kier molecular flexibility index (Phi) is 23.3. The number of esters is 1. The molecule has 2 aromatic carbocycles. The monoisotopic (exact) mass is 1010 g/mol. The minimum Gasteiger partial charge on any atom is -0.850 e. The van der Waals surface area contributed by atoms with Gasteiger partial charge in [-0.1, -0.05) is 48.5 Å². The van der Waals surface area contributed by atoms with Gasteiger partial charge in [0.05, 0.1) is 38.9 Å². The normalized spacial score (nSPS) is 21.1. The number of benzene rings is 2. The van der Waals surface area contributed by atoms with Crippen LogP contribution >= 0.6 is 31.9 Å². The molecule has 2 saturated carbocycles. The topological polar surface area (TPSA) is 165 Å². The fraction of sp³-hybridized carbons (Fsp3) is 0.553. The predicted octanol–water partition coefficient (Wildman–Crippen LogP) is 4.19. The molecule has 2 amide bonds. The Hall–Kier alpha value is -2.41. The smallest absolute Gasteiger partial charge is 0.850 e. The first-order valence-electron chi connectivity index (χ1n) is 20.5. The van der Waals surface area contributed by atoms with Crippen molar-refractivity contribution in [2.24, 2.45) is 11.8 Å². The molecule has 0 radical (unpaired) electrons. The number of aliphatic hydroxyl groups is 1. The Bertz CT molecular complexity index is 2040. The van der Waals surface area contributed by atoms with Crippen LogP contribution in [0, 0.1) is 35.5 Å². The van der Waals surface area contributed by atoms with Gasteiger partial charge in [0.1, 0.15) is 22.8 Å². The molecular weight excluding hydrogens is 951 g/mol. The van der Waals surface area contributed by atoms with E-state index in [1.807, 2.05) is 26.0 Å². The van der Waals surface area contributed by atoms with Gasteiger partial charge in [0.15, 0.2) is 0 Å². The summed E-state index contributed by atoms with van der Waals surface area (Å²) in [5.41, 5.74) is 0.625. The first-order valence-corrected chi connectivity index (χ1v) is 22.0. The summed E-state index contributed by atoms with van der Waals surface area (Å²) in [5.74, 6) is 12.4. The van der Waals surface area contributed by atoms with Crippen LogP contribution in [0.25, 0.3) is 5.57 Å².